The standard InChI is InChI=1S/C37H43F3N3O4/c1-21(2)15-17-41-26-12-9-11-25(37(38,39)40)31(26)35(5,6)29(41)19-23-33(44)24(34(23)45)20-30-36(7,8)32-27(42(30)18-16-22(3)4)13-10-14-28(32)43(46)47/h9-14,19-22,29H,15-18H2,1-8H3/q+1. The van der Waals surface area contributed by atoms with Gasteiger partial charge in [0.25, 0.3) is 5.69 Å². The molecule has 0 radical (unpaired) electrons. The second-order valence-electron chi connectivity index (χ2n) is 14.8. The van der Waals surface area contributed by atoms with Crippen molar-refractivity contribution in [2.24, 2.45) is 11.8 Å². The van der Waals surface area contributed by atoms with E-state index in [0.29, 0.717) is 48.1 Å². The first-order valence-electron chi connectivity index (χ1n) is 16.2. The molecule has 0 aromatic heterocycles. The van der Waals surface area contributed by atoms with Crippen molar-refractivity contribution in [2.75, 3.05) is 18.0 Å². The third kappa shape index (κ3) is 5.74. The highest BCUT2D eigenvalue weighted by molar-refractivity contribution is 6.16. The molecule has 1 unspecified atom stereocenters. The van der Waals surface area contributed by atoms with Gasteiger partial charge in [-0.2, -0.15) is 17.7 Å². The maximum atomic E-state index is 14.2. The van der Waals surface area contributed by atoms with Crippen LogP contribution in [-0.2, 0) is 17.0 Å². The van der Waals surface area contributed by atoms with Crippen LogP contribution < -0.4 is 26.2 Å². The molecule has 0 aliphatic carbocycles. The highest BCUT2D eigenvalue weighted by atomic mass is 19.4. The highest BCUT2D eigenvalue weighted by Crippen LogP contribution is 2.51. The van der Waals surface area contributed by atoms with E-state index in [1.54, 1.807) is 38.1 Å². The largest absolute Gasteiger partial charge is 0.416 e. The van der Waals surface area contributed by atoms with Crippen LogP contribution in [0.1, 0.15) is 84.9 Å². The monoisotopic (exact) mass is 650 g/mol. The van der Waals surface area contributed by atoms with Crippen molar-refractivity contribution in [1.82, 2.24) is 0 Å². The molecule has 1 atom stereocenters. The Morgan fingerprint density at radius 3 is 2.13 bits per heavy atom. The molecular weight excluding hydrogens is 607 g/mol. The molecule has 2 aliphatic heterocycles. The second-order valence-corrected chi connectivity index (χ2v) is 14.8. The van der Waals surface area contributed by atoms with Gasteiger partial charge >= 0.3 is 6.18 Å². The van der Waals surface area contributed by atoms with Gasteiger partial charge in [0.1, 0.15) is 12.1 Å². The van der Waals surface area contributed by atoms with Gasteiger partial charge in [-0.15, -0.1) is 0 Å². The molecule has 2 heterocycles. The Morgan fingerprint density at radius 2 is 1.55 bits per heavy atom. The number of benzene rings is 2. The smallest absolute Gasteiger partial charge is 0.364 e. The average molecular weight is 651 g/mol. The Morgan fingerprint density at radius 1 is 0.936 bits per heavy atom. The summed E-state index contributed by atoms with van der Waals surface area (Å²) in [6.45, 7) is 16.4. The minimum Gasteiger partial charge on any atom is -0.364 e. The number of anilines is 1. The Labute approximate surface area is 272 Å². The molecule has 0 N–H and O–H groups in total. The molecule has 0 saturated carbocycles. The van der Waals surface area contributed by atoms with Gasteiger partial charge in [0.2, 0.25) is 16.5 Å². The third-order valence-corrected chi connectivity index (χ3v) is 9.90. The third-order valence-electron chi connectivity index (χ3n) is 9.90. The predicted octanol–water partition coefficient (Wildman–Crippen LogP) is 6.11. The van der Waals surface area contributed by atoms with E-state index in [1.807, 2.05) is 43.2 Å². The summed E-state index contributed by atoms with van der Waals surface area (Å²) in [4.78, 5) is 41.1. The van der Waals surface area contributed by atoms with Crippen molar-refractivity contribution in [2.45, 2.75) is 91.3 Å². The van der Waals surface area contributed by atoms with Crippen molar-refractivity contribution < 1.29 is 22.7 Å². The fourth-order valence-corrected chi connectivity index (χ4v) is 7.37. The summed E-state index contributed by atoms with van der Waals surface area (Å²) in [7, 11) is 0. The van der Waals surface area contributed by atoms with Gasteiger partial charge in [0, 0.05) is 42.3 Å². The number of nitrogens with zero attached hydrogens (tertiary/aromatic N) is 3. The lowest BCUT2D eigenvalue weighted by molar-refractivity contribution is -0.439. The minimum atomic E-state index is -4.56. The van der Waals surface area contributed by atoms with Crippen LogP contribution in [0.3, 0.4) is 0 Å². The normalized spacial score (nSPS) is 18.3. The van der Waals surface area contributed by atoms with E-state index in [1.165, 1.54) is 12.1 Å². The molecule has 3 aromatic carbocycles. The van der Waals surface area contributed by atoms with E-state index >= 15 is 0 Å². The number of halogens is 3. The molecule has 10 heteroatoms. The SMILES string of the molecule is CC(C)CCN1c2cccc(C(F)(F)F)c2C(C)(C)C1C=c1c(=O)c(=CC2=[N+](CCC(C)C)c3cccc([N+](=O)[O-])c3C2(C)C)c1=O. The summed E-state index contributed by atoms with van der Waals surface area (Å²) in [6, 6.07) is 8.45. The van der Waals surface area contributed by atoms with Gasteiger partial charge in [-0.1, -0.05) is 47.6 Å². The zero-order valence-electron chi connectivity index (χ0n) is 28.3. The molecule has 0 fully saturated rings. The number of nitro benzene ring substituents is 1. The molecule has 0 amide bonds. The van der Waals surface area contributed by atoms with Gasteiger partial charge in [0.05, 0.1) is 32.4 Å². The quantitative estimate of drug-likeness (QED) is 0.159. The van der Waals surface area contributed by atoms with E-state index in [4.69, 9.17) is 0 Å². The summed E-state index contributed by atoms with van der Waals surface area (Å²) >= 11 is 0. The van der Waals surface area contributed by atoms with Crippen molar-refractivity contribution >= 4 is 34.9 Å². The summed E-state index contributed by atoms with van der Waals surface area (Å²) in [5, 5.41) is 12.0. The van der Waals surface area contributed by atoms with Crippen LogP contribution in [0.15, 0.2) is 46.0 Å². The number of alkyl halides is 3. The van der Waals surface area contributed by atoms with Crippen molar-refractivity contribution in [1.29, 1.82) is 0 Å². The van der Waals surface area contributed by atoms with Crippen LogP contribution in [0.5, 0.6) is 0 Å². The van der Waals surface area contributed by atoms with Crippen LogP contribution in [0.25, 0.3) is 12.2 Å². The van der Waals surface area contributed by atoms with Crippen LogP contribution in [0.4, 0.5) is 30.2 Å². The van der Waals surface area contributed by atoms with Crippen LogP contribution in [-0.4, -0.2) is 34.3 Å². The molecule has 3 aromatic rings. The Hall–Kier alpha value is -4.08. The topological polar surface area (TPSA) is 83.5 Å². The lowest BCUT2D eigenvalue weighted by Crippen LogP contribution is -2.66. The van der Waals surface area contributed by atoms with Gasteiger partial charge in [-0.05, 0) is 61.9 Å². The lowest BCUT2D eigenvalue weighted by atomic mass is 9.77. The zero-order valence-corrected chi connectivity index (χ0v) is 28.3. The van der Waals surface area contributed by atoms with Crippen LogP contribution in [0.2, 0.25) is 0 Å². The Bertz CT molecular complexity index is 1950. The summed E-state index contributed by atoms with van der Waals surface area (Å²) in [5.41, 5.74) is -1.15. The van der Waals surface area contributed by atoms with Crippen LogP contribution >= 0.6 is 0 Å². The van der Waals surface area contributed by atoms with E-state index in [0.717, 1.165) is 12.5 Å². The van der Waals surface area contributed by atoms with Gasteiger partial charge in [-0.3, -0.25) is 19.7 Å². The molecule has 47 heavy (non-hydrogen) atoms. The second kappa shape index (κ2) is 11.9. The predicted molar refractivity (Wildman–Crippen MR) is 180 cm³/mol. The fourth-order valence-electron chi connectivity index (χ4n) is 7.37. The molecule has 0 saturated heterocycles. The molecule has 5 rings (SSSR count). The molecule has 250 valence electrons. The maximum absolute atomic E-state index is 14.2. The minimum absolute atomic E-state index is 0.0231. The summed E-state index contributed by atoms with van der Waals surface area (Å²) in [5.74, 6) is 0.625. The van der Waals surface area contributed by atoms with Crippen LogP contribution in [0, 0.1) is 22.0 Å². The Kier molecular flexibility index (Phi) is 8.65. The number of nitro groups is 1. The average Bonchev–Trinajstić information content (AvgIpc) is 3.33. The van der Waals surface area contributed by atoms with E-state index in [9.17, 15) is 32.9 Å². The van der Waals surface area contributed by atoms with Gasteiger partial charge in [-0.25, -0.2) is 0 Å². The maximum Gasteiger partial charge on any atom is 0.416 e. The molecule has 7 nitrogen and oxygen atoms in total. The van der Waals surface area contributed by atoms with Crippen molar-refractivity contribution in [3.8, 4) is 0 Å². The molecular formula is C37H43F3N3O4+. The van der Waals surface area contributed by atoms with Crippen molar-refractivity contribution in [3.05, 3.63) is 94.1 Å². The highest BCUT2D eigenvalue weighted by Gasteiger charge is 2.51. The molecule has 0 bridgehead atoms. The zero-order chi connectivity index (χ0) is 34.8. The van der Waals surface area contributed by atoms with Gasteiger partial charge < -0.3 is 4.90 Å². The summed E-state index contributed by atoms with van der Waals surface area (Å²) < 4.78 is 44.7. The lowest BCUT2D eigenvalue weighted by Gasteiger charge is -2.33. The van der Waals surface area contributed by atoms with Crippen molar-refractivity contribution in [3.63, 3.8) is 0 Å². The number of hydrogen-bond acceptors (Lipinski definition) is 5. The van der Waals surface area contributed by atoms with E-state index in [2.05, 4.69) is 13.8 Å². The van der Waals surface area contributed by atoms with E-state index in [-0.39, 0.29) is 27.6 Å². The first-order valence-corrected chi connectivity index (χ1v) is 16.2. The first-order chi connectivity index (χ1) is 21.8. The number of rotatable bonds is 9. The molecule has 2 aliphatic rings. The number of fused-ring (bicyclic) bond motifs is 2. The number of hydrogen-bond donors (Lipinski definition) is 0. The first kappa shape index (κ1) is 34.3. The molecule has 0 spiro atoms. The Balaban J connectivity index is 1.67. The van der Waals surface area contributed by atoms with Gasteiger partial charge in [0.15, 0.2) is 5.71 Å². The fraction of sp³-hybridized carbons (Fsp3) is 0.486. The van der Waals surface area contributed by atoms with E-state index < -0.39 is 44.4 Å². The summed E-state index contributed by atoms with van der Waals surface area (Å²) in [6.07, 6.45) is 0.0555.